The van der Waals surface area contributed by atoms with E-state index in [4.69, 9.17) is 10.5 Å². The lowest BCUT2D eigenvalue weighted by atomic mass is 10.1. The molecular formula is C14H23N5O2. The Bertz CT molecular complexity index is 570. The van der Waals surface area contributed by atoms with E-state index < -0.39 is 5.60 Å². The van der Waals surface area contributed by atoms with Crippen LogP contribution >= 0.6 is 0 Å². The Morgan fingerprint density at radius 3 is 2.62 bits per heavy atom. The molecular weight excluding hydrogens is 270 g/mol. The SMILES string of the molecule is Cc1nnc(C2=CC(N)CN(C(=O)OC(C)(C)C)C2)n1C. The second-order valence-electron chi connectivity index (χ2n) is 6.35. The third kappa shape index (κ3) is 3.60. The second kappa shape index (κ2) is 5.48. The summed E-state index contributed by atoms with van der Waals surface area (Å²) < 4.78 is 7.29. The molecule has 1 aromatic heterocycles. The average molecular weight is 293 g/mol. The van der Waals surface area contributed by atoms with Crippen LogP contribution < -0.4 is 5.73 Å². The van der Waals surface area contributed by atoms with Crippen LogP contribution in [0.3, 0.4) is 0 Å². The van der Waals surface area contributed by atoms with Gasteiger partial charge in [0.25, 0.3) is 0 Å². The number of ether oxygens (including phenoxy) is 1. The van der Waals surface area contributed by atoms with Crippen LogP contribution in [0.4, 0.5) is 4.79 Å². The van der Waals surface area contributed by atoms with Crippen LogP contribution in [0.15, 0.2) is 6.08 Å². The highest BCUT2D eigenvalue weighted by atomic mass is 16.6. The standard InChI is InChI=1S/C14H23N5O2/c1-9-16-17-12(18(9)5)10-6-11(15)8-19(7-10)13(20)21-14(2,3)4/h6,11H,7-8,15H2,1-5H3. The Morgan fingerprint density at radius 1 is 1.43 bits per heavy atom. The summed E-state index contributed by atoms with van der Waals surface area (Å²) in [6.45, 7) is 8.28. The molecule has 2 heterocycles. The lowest BCUT2D eigenvalue weighted by molar-refractivity contribution is 0.0265. The molecule has 0 radical (unpaired) electrons. The van der Waals surface area contributed by atoms with Gasteiger partial charge in [0.15, 0.2) is 5.82 Å². The molecule has 0 saturated heterocycles. The van der Waals surface area contributed by atoms with Crippen molar-refractivity contribution in [1.29, 1.82) is 0 Å². The highest BCUT2D eigenvalue weighted by Crippen LogP contribution is 2.21. The monoisotopic (exact) mass is 293 g/mol. The van der Waals surface area contributed by atoms with Gasteiger partial charge in [-0.2, -0.15) is 0 Å². The van der Waals surface area contributed by atoms with Crippen LogP contribution in [0.25, 0.3) is 5.57 Å². The number of aryl methyl sites for hydroxylation is 1. The van der Waals surface area contributed by atoms with Gasteiger partial charge in [0, 0.05) is 25.2 Å². The molecule has 0 aromatic carbocycles. The zero-order chi connectivity index (χ0) is 15.8. The zero-order valence-electron chi connectivity index (χ0n) is 13.3. The maximum absolute atomic E-state index is 12.2. The summed E-state index contributed by atoms with van der Waals surface area (Å²) in [6, 6.07) is -0.238. The van der Waals surface area contributed by atoms with Gasteiger partial charge in [0.2, 0.25) is 0 Å². The molecule has 2 N–H and O–H groups in total. The van der Waals surface area contributed by atoms with Gasteiger partial charge in [-0.05, 0) is 27.7 Å². The van der Waals surface area contributed by atoms with Gasteiger partial charge >= 0.3 is 6.09 Å². The zero-order valence-corrected chi connectivity index (χ0v) is 13.3. The number of carbonyl (C=O) groups excluding carboxylic acids is 1. The minimum Gasteiger partial charge on any atom is -0.444 e. The van der Waals surface area contributed by atoms with Crippen molar-refractivity contribution in [2.45, 2.75) is 39.3 Å². The first-order valence-corrected chi connectivity index (χ1v) is 6.98. The number of nitrogens with zero attached hydrogens (tertiary/aromatic N) is 4. The predicted octanol–water partition coefficient (Wildman–Crippen LogP) is 1.08. The molecule has 7 heteroatoms. The minimum absolute atomic E-state index is 0.238. The van der Waals surface area contributed by atoms with Crippen LogP contribution in [-0.4, -0.2) is 50.5 Å². The van der Waals surface area contributed by atoms with Crippen LogP contribution in [0.5, 0.6) is 0 Å². The molecule has 0 saturated carbocycles. The highest BCUT2D eigenvalue weighted by Gasteiger charge is 2.28. The molecule has 1 amide bonds. The summed E-state index contributed by atoms with van der Waals surface area (Å²) in [6.07, 6.45) is 1.58. The Hall–Kier alpha value is -1.89. The first kappa shape index (κ1) is 15.5. The molecule has 116 valence electrons. The van der Waals surface area contributed by atoms with Crippen molar-refractivity contribution >= 4 is 11.7 Å². The summed E-state index contributed by atoms with van der Waals surface area (Å²) in [5.74, 6) is 1.55. The number of aromatic nitrogens is 3. The maximum Gasteiger partial charge on any atom is 0.410 e. The number of carbonyl (C=O) groups is 1. The lowest BCUT2D eigenvalue weighted by Gasteiger charge is -2.32. The van der Waals surface area contributed by atoms with E-state index in [0.717, 1.165) is 17.2 Å². The molecule has 7 nitrogen and oxygen atoms in total. The molecule has 0 spiro atoms. The first-order valence-electron chi connectivity index (χ1n) is 6.98. The fraction of sp³-hybridized carbons (Fsp3) is 0.643. The molecule has 1 aromatic rings. The van der Waals surface area contributed by atoms with E-state index in [1.807, 2.05) is 45.4 Å². The van der Waals surface area contributed by atoms with Crippen LogP contribution in [0.1, 0.15) is 32.4 Å². The molecule has 1 aliphatic rings. The number of amides is 1. The van der Waals surface area contributed by atoms with Crippen molar-refractivity contribution in [1.82, 2.24) is 19.7 Å². The molecule has 0 fully saturated rings. The fourth-order valence-corrected chi connectivity index (χ4v) is 2.19. The lowest BCUT2D eigenvalue weighted by Crippen LogP contribution is -2.46. The fourth-order valence-electron chi connectivity index (χ4n) is 2.19. The quantitative estimate of drug-likeness (QED) is 0.837. The van der Waals surface area contributed by atoms with Crippen molar-refractivity contribution in [3.05, 3.63) is 17.7 Å². The van der Waals surface area contributed by atoms with Crippen LogP contribution in [0.2, 0.25) is 0 Å². The molecule has 2 rings (SSSR count). The van der Waals surface area contributed by atoms with E-state index in [1.165, 1.54) is 0 Å². The van der Waals surface area contributed by atoms with E-state index in [0.29, 0.717) is 13.1 Å². The Kier molecular flexibility index (Phi) is 4.04. The smallest absolute Gasteiger partial charge is 0.410 e. The van der Waals surface area contributed by atoms with Crippen LogP contribution in [0, 0.1) is 6.92 Å². The Balaban J connectivity index is 2.19. The Morgan fingerprint density at radius 2 is 2.10 bits per heavy atom. The van der Waals surface area contributed by atoms with Gasteiger partial charge in [-0.25, -0.2) is 4.79 Å². The van der Waals surface area contributed by atoms with E-state index in [2.05, 4.69) is 10.2 Å². The summed E-state index contributed by atoms with van der Waals surface area (Å²) in [5, 5.41) is 8.19. The van der Waals surface area contributed by atoms with Gasteiger partial charge in [0.05, 0.1) is 6.54 Å². The second-order valence-corrected chi connectivity index (χ2v) is 6.35. The minimum atomic E-state index is -0.524. The van der Waals surface area contributed by atoms with Gasteiger partial charge in [0.1, 0.15) is 11.4 Å². The van der Waals surface area contributed by atoms with E-state index in [9.17, 15) is 4.79 Å². The van der Waals surface area contributed by atoms with Gasteiger partial charge in [-0.3, -0.25) is 0 Å². The number of hydrogen-bond acceptors (Lipinski definition) is 5. The van der Waals surface area contributed by atoms with Crippen molar-refractivity contribution in [3.63, 3.8) is 0 Å². The molecule has 1 aliphatic heterocycles. The summed E-state index contributed by atoms with van der Waals surface area (Å²) >= 11 is 0. The number of nitrogens with two attached hydrogens (primary N) is 1. The van der Waals surface area contributed by atoms with Crippen LogP contribution in [-0.2, 0) is 11.8 Å². The summed E-state index contributed by atoms with van der Waals surface area (Å²) in [7, 11) is 1.89. The topological polar surface area (TPSA) is 86.3 Å². The normalized spacial score (nSPS) is 19.4. The summed E-state index contributed by atoms with van der Waals surface area (Å²) in [4.78, 5) is 13.8. The van der Waals surface area contributed by atoms with Gasteiger partial charge < -0.3 is 19.9 Å². The first-order chi connectivity index (χ1) is 9.67. The third-order valence-corrected chi connectivity index (χ3v) is 3.24. The Labute approximate surface area is 124 Å². The van der Waals surface area contributed by atoms with Crippen molar-refractivity contribution in [3.8, 4) is 0 Å². The molecule has 0 aliphatic carbocycles. The van der Waals surface area contributed by atoms with Crippen molar-refractivity contribution in [2.24, 2.45) is 12.8 Å². The average Bonchev–Trinajstić information content (AvgIpc) is 2.67. The van der Waals surface area contributed by atoms with Gasteiger partial charge in [-0.1, -0.05) is 6.08 Å². The van der Waals surface area contributed by atoms with E-state index >= 15 is 0 Å². The molecule has 1 unspecified atom stereocenters. The molecule has 21 heavy (non-hydrogen) atoms. The highest BCUT2D eigenvalue weighted by molar-refractivity contribution is 5.74. The number of rotatable bonds is 1. The number of hydrogen-bond donors (Lipinski definition) is 1. The summed E-state index contributed by atoms with van der Waals surface area (Å²) in [5.41, 5.74) is 6.40. The molecule has 1 atom stereocenters. The third-order valence-electron chi connectivity index (χ3n) is 3.24. The van der Waals surface area contributed by atoms with E-state index in [1.54, 1.807) is 4.90 Å². The molecule has 0 bridgehead atoms. The van der Waals surface area contributed by atoms with E-state index in [-0.39, 0.29) is 12.1 Å². The van der Waals surface area contributed by atoms with Crippen molar-refractivity contribution < 1.29 is 9.53 Å². The maximum atomic E-state index is 12.2. The largest absolute Gasteiger partial charge is 0.444 e. The predicted molar refractivity (Wildman–Crippen MR) is 79.5 cm³/mol. The van der Waals surface area contributed by atoms with Gasteiger partial charge in [-0.15, -0.1) is 10.2 Å². The van der Waals surface area contributed by atoms with Crippen molar-refractivity contribution in [2.75, 3.05) is 13.1 Å².